The lowest BCUT2D eigenvalue weighted by Gasteiger charge is -2.11. The molecule has 3 nitrogen and oxygen atoms in total. The fourth-order valence-electron chi connectivity index (χ4n) is 1.18. The smallest absolute Gasteiger partial charge is 0.217 e. The average Bonchev–Trinajstić information content (AvgIpc) is 2.25. The van der Waals surface area contributed by atoms with Crippen LogP contribution < -0.4 is 10.5 Å². The fourth-order valence-corrected chi connectivity index (χ4v) is 1.18. The van der Waals surface area contributed by atoms with Gasteiger partial charge in [0.05, 0.1) is 7.11 Å². The Hall–Kier alpha value is -1.53. The zero-order valence-corrected chi connectivity index (χ0v) is 8.45. The molecule has 0 aliphatic rings. The van der Waals surface area contributed by atoms with Gasteiger partial charge in [-0.15, -0.1) is 11.8 Å². The Balaban J connectivity index is 2.85. The van der Waals surface area contributed by atoms with Crippen LogP contribution >= 0.6 is 0 Å². The Morgan fingerprint density at radius 3 is 3.07 bits per heavy atom. The number of pyridine rings is 1. The Kier molecular flexibility index (Phi) is 3.96. The molecular formula is C11H14N2O. The van der Waals surface area contributed by atoms with E-state index in [0.29, 0.717) is 12.3 Å². The number of methoxy groups -OCH3 is 1. The zero-order chi connectivity index (χ0) is 10.4. The second-order valence-corrected chi connectivity index (χ2v) is 2.84. The number of rotatable bonds is 3. The van der Waals surface area contributed by atoms with E-state index >= 15 is 0 Å². The molecule has 0 bridgehead atoms. The van der Waals surface area contributed by atoms with Gasteiger partial charge in [-0.3, -0.25) is 0 Å². The van der Waals surface area contributed by atoms with Crippen molar-refractivity contribution in [3.63, 3.8) is 0 Å². The lowest BCUT2D eigenvalue weighted by atomic mass is 10.1. The topological polar surface area (TPSA) is 48.1 Å². The van der Waals surface area contributed by atoms with Gasteiger partial charge in [-0.05, 0) is 13.0 Å². The third-order valence-corrected chi connectivity index (χ3v) is 1.89. The predicted octanol–water partition coefficient (Wildman–Crippen LogP) is 1.50. The van der Waals surface area contributed by atoms with Crippen LogP contribution in [-0.2, 0) is 0 Å². The highest BCUT2D eigenvalue weighted by molar-refractivity contribution is 5.29. The molecule has 0 radical (unpaired) electrons. The van der Waals surface area contributed by atoms with Crippen LogP contribution in [0.1, 0.15) is 24.9 Å². The molecule has 0 fully saturated rings. The van der Waals surface area contributed by atoms with E-state index in [0.717, 1.165) is 5.56 Å². The fraction of sp³-hybridized carbons (Fsp3) is 0.364. The van der Waals surface area contributed by atoms with Gasteiger partial charge in [-0.1, -0.05) is 6.07 Å². The summed E-state index contributed by atoms with van der Waals surface area (Å²) in [6.45, 7) is 1.80. The van der Waals surface area contributed by atoms with Gasteiger partial charge in [-0.25, -0.2) is 4.98 Å². The Morgan fingerprint density at radius 2 is 2.43 bits per heavy atom. The lowest BCUT2D eigenvalue weighted by Crippen LogP contribution is -2.11. The van der Waals surface area contributed by atoms with Crippen LogP contribution in [0.25, 0.3) is 0 Å². The summed E-state index contributed by atoms with van der Waals surface area (Å²) in [4.78, 5) is 4.08. The van der Waals surface area contributed by atoms with Gasteiger partial charge in [0.15, 0.2) is 0 Å². The normalized spacial score (nSPS) is 11.4. The zero-order valence-electron chi connectivity index (χ0n) is 8.45. The molecule has 1 aromatic heterocycles. The van der Waals surface area contributed by atoms with Crippen LogP contribution in [0.2, 0.25) is 0 Å². The van der Waals surface area contributed by atoms with Crippen molar-refractivity contribution in [2.75, 3.05) is 7.11 Å². The van der Waals surface area contributed by atoms with Crippen molar-refractivity contribution in [3.05, 3.63) is 23.9 Å². The first-order valence-corrected chi connectivity index (χ1v) is 4.43. The van der Waals surface area contributed by atoms with Crippen molar-refractivity contribution in [2.45, 2.75) is 19.4 Å². The molecule has 0 saturated heterocycles. The van der Waals surface area contributed by atoms with Gasteiger partial charge < -0.3 is 10.5 Å². The Bertz CT molecular complexity index is 352. The van der Waals surface area contributed by atoms with E-state index in [-0.39, 0.29) is 6.04 Å². The Labute approximate surface area is 84.3 Å². The summed E-state index contributed by atoms with van der Waals surface area (Å²) < 4.78 is 5.11. The third kappa shape index (κ3) is 2.48. The van der Waals surface area contributed by atoms with Crippen molar-refractivity contribution >= 4 is 0 Å². The largest absolute Gasteiger partial charge is 0.481 e. The summed E-state index contributed by atoms with van der Waals surface area (Å²) in [7, 11) is 1.59. The van der Waals surface area contributed by atoms with Gasteiger partial charge in [0.25, 0.3) is 0 Å². The number of aromatic nitrogens is 1. The van der Waals surface area contributed by atoms with Crippen molar-refractivity contribution < 1.29 is 4.74 Å². The second kappa shape index (κ2) is 5.25. The maximum atomic E-state index is 5.93. The van der Waals surface area contributed by atoms with Crippen LogP contribution in [0, 0.1) is 11.8 Å². The molecule has 14 heavy (non-hydrogen) atoms. The van der Waals surface area contributed by atoms with Crippen molar-refractivity contribution in [3.8, 4) is 17.7 Å². The number of nitrogens with zero attached hydrogens (tertiary/aromatic N) is 1. The van der Waals surface area contributed by atoms with E-state index in [9.17, 15) is 0 Å². The molecule has 2 N–H and O–H groups in total. The molecule has 3 heteroatoms. The highest BCUT2D eigenvalue weighted by atomic mass is 16.5. The number of nitrogens with two attached hydrogens (primary N) is 1. The minimum atomic E-state index is -0.133. The lowest BCUT2D eigenvalue weighted by molar-refractivity contribution is 0.389. The molecule has 1 heterocycles. The molecule has 1 aromatic rings. The van der Waals surface area contributed by atoms with Gasteiger partial charge in [-0.2, -0.15) is 0 Å². The summed E-state index contributed by atoms with van der Waals surface area (Å²) >= 11 is 0. The number of hydrogen-bond donors (Lipinski definition) is 1. The average molecular weight is 190 g/mol. The van der Waals surface area contributed by atoms with Crippen LogP contribution in [0.4, 0.5) is 0 Å². The van der Waals surface area contributed by atoms with Gasteiger partial charge in [0.2, 0.25) is 5.88 Å². The molecule has 74 valence electrons. The minimum absolute atomic E-state index is 0.133. The number of ether oxygens (including phenoxy) is 1. The first kappa shape index (κ1) is 10.6. The van der Waals surface area contributed by atoms with Gasteiger partial charge in [0.1, 0.15) is 0 Å². The van der Waals surface area contributed by atoms with Crippen molar-refractivity contribution in [1.82, 2.24) is 4.98 Å². The standard InChI is InChI=1S/C11H14N2O/c1-3-4-7-10(12)9-6-5-8-13-11(9)14-2/h5-6,8,10H,7,12H2,1-2H3. The molecule has 1 unspecified atom stereocenters. The van der Waals surface area contributed by atoms with Crippen LogP contribution in [0.3, 0.4) is 0 Å². The van der Waals surface area contributed by atoms with E-state index < -0.39 is 0 Å². The quantitative estimate of drug-likeness (QED) is 0.735. The van der Waals surface area contributed by atoms with Crippen LogP contribution in [-0.4, -0.2) is 12.1 Å². The second-order valence-electron chi connectivity index (χ2n) is 2.84. The molecular weight excluding hydrogens is 176 g/mol. The summed E-state index contributed by atoms with van der Waals surface area (Å²) in [5, 5.41) is 0. The SMILES string of the molecule is CC#CCC(N)c1cccnc1OC. The summed E-state index contributed by atoms with van der Waals surface area (Å²) in [5.41, 5.74) is 6.84. The molecule has 0 saturated carbocycles. The predicted molar refractivity (Wildman–Crippen MR) is 55.8 cm³/mol. The van der Waals surface area contributed by atoms with Crippen LogP contribution in [0.15, 0.2) is 18.3 Å². The number of hydrogen-bond acceptors (Lipinski definition) is 3. The van der Waals surface area contributed by atoms with E-state index in [1.807, 2.05) is 12.1 Å². The van der Waals surface area contributed by atoms with E-state index in [2.05, 4.69) is 16.8 Å². The molecule has 1 rings (SSSR count). The summed E-state index contributed by atoms with van der Waals surface area (Å²) in [5.74, 6) is 6.34. The molecule has 0 aliphatic heterocycles. The third-order valence-electron chi connectivity index (χ3n) is 1.89. The van der Waals surface area contributed by atoms with Crippen molar-refractivity contribution in [2.24, 2.45) is 5.73 Å². The molecule has 0 aliphatic carbocycles. The summed E-state index contributed by atoms with van der Waals surface area (Å²) in [6.07, 6.45) is 2.30. The highest BCUT2D eigenvalue weighted by Crippen LogP contribution is 2.22. The minimum Gasteiger partial charge on any atom is -0.481 e. The van der Waals surface area contributed by atoms with Crippen molar-refractivity contribution in [1.29, 1.82) is 0 Å². The summed E-state index contributed by atoms with van der Waals surface area (Å²) in [6, 6.07) is 3.62. The van der Waals surface area contributed by atoms with E-state index in [1.165, 1.54) is 0 Å². The van der Waals surface area contributed by atoms with Gasteiger partial charge in [0, 0.05) is 24.2 Å². The molecule has 1 atom stereocenters. The van der Waals surface area contributed by atoms with E-state index in [4.69, 9.17) is 10.5 Å². The highest BCUT2D eigenvalue weighted by Gasteiger charge is 2.10. The molecule has 0 amide bonds. The Morgan fingerprint density at radius 1 is 1.64 bits per heavy atom. The maximum Gasteiger partial charge on any atom is 0.217 e. The monoisotopic (exact) mass is 190 g/mol. The van der Waals surface area contributed by atoms with E-state index in [1.54, 1.807) is 20.2 Å². The first-order chi connectivity index (χ1) is 6.79. The molecule has 0 aromatic carbocycles. The first-order valence-electron chi connectivity index (χ1n) is 4.43. The van der Waals surface area contributed by atoms with Crippen LogP contribution in [0.5, 0.6) is 5.88 Å². The maximum absolute atomic E-state index is 5.93. The molecule has 0 spiro atoms. The van der Waals surface area contributed by atoms with Gasteiger partial charge >= 0.3 is 0 Å².